The van der Waals surface area contributed by atoms with Crippen molar-refractivity contribution in [2.45, 2.75) is 38.5 Å². The Bertz CT molecular complexity index is 2090. The summed E-state index contributed by atoms with van der Waals surface area (Å²) in [7, 11) is -6.91. The summed E-state index contributed by atoms with van der Waals surface area (Å²) in [6.07, 6.45) is 0.0675. The fraction of sp³-hybridized carbons (Fsp3) is 0.152. The number of rotatable bonds is 7. The quantitative estimate of drug-likeness (QED) is 0.175. The molecule has 1 aromatic heterocycles. The van der Waals surface area contributed by atoms with Crippen molar-refractivity contribution in [2.75, 3.05) is 0 Å². The number of hydrogen-bond donors (Lipinski definition) is 1. The van der Waals surface area contributed by atoms with Crippen LogP contribution in [0.2, 0.25) is 5.02 Å². The summed E-state index contributed by atoms with van der Waals surface area (Å²) in [4.78, 5) is 11.4. The molecule has 0 saturated heterocycles. The second-order valence-electron chi connectivity index (χ2n) is 10.2. The van der Waals surface area contributed by atoms with E-state index in [1.807, 2.05) is 67.1 Å². The highest BCUT2D eigenvalue weighted by Gasteiger charge is 2.15. The first-order valence-electron chi connectivity index (χ1n) is 13.9. The normalized spacial score (nSPS) is 10.9. The Hall–Kier alpha value is -4.62. The lowest BCUT2D eigenvalue weighted by molar-refractivity contribution is 0.211. The number of benzene rings is 4. The molecule has 4 aromatic carbocycles. The molecule has 10 nitrogen and oxygen atoms in total. The van der Waals surface area contributed by atoms with Gasteiger partial charge in [0.05, 0.1) is 21.3 Å². The monoisotopic (exact) mass is 679 g/mol. The number of aryl methyl sites for hydroxylation is 4. The molecule has 0 radical (unpaired) electrons. The van der Waals surface area contributed by atoms with E-state index in [1.54, 1.807) is 18.2 Å². The fourth-order valence-corrected chi connectivity index (χ4v) is 5.61. The number of amides is 1. The van der Waals surface area contributed by atoms with Gasteiger partial charge in [-0.25, -0.2) is 9.48 Å². The van der Waals surface area contributed by atoms with E-state index >= 15 is 0 Å². The molecule has 0 unspecified atom stereocenters. The van der Waals surface area contributed by atoms with Gasteiger partial charge in [0.1, 0.15) is 0 Å². The maximum absolute atomic E-state index is 11.5. The Labute approximate surface area is 273 Å². The lowest BCUT2D eigenvalue weighted by atomic mass is 10.0. The highest BCUT2D eigenvalue weighted by Crippen LogP contribution is 2.30. The average Bonchev–Trinajstić information content (AvgIpc) is 3.31. The average molecular weight is 680 g/mol. The van der Waals surface area contributed by atoms with Crippen molar-refractivity contribution in [1.29, 1.82) is 0 Å². The van der Waals surface area contributed by atoms with Gasteiger partial charge in [0, 0.05) is 11.3 Å². The van der Waals surface area contributed by atoms with Crippen molar-refractivity contribution in [2.24, 2.45) is 4.36 Å². The van der Waals surface area contributed by atoms with Gasteiger partial charge in [0.2, 0.25) is 0 Å². The van der Waals surface area contributed by atoms with Crippen molar-refractivity contribution in [3.8, 4) is 22.6 Å². The molecule has 1 heterocycles. The van der Waals surface area contributed by atoms with Crippen LogP contribution in [0.3, 0.4) is 0 Å². The largest absolute Gasteiger partial charge is 0.454 e. The topological polar surface area (TPSA) is 145 Å². The van der Waals surface area contributed by atoms with Crippen LogP contribution in [0.15, 0.2) is 106 Å². The van der Waals surface area contributed by atoms with Crippen molar-refractivity contribution in [3.63, 3.8) is 0 Å². The molecule has 5 rings (SSSR count). The molecule has 46 heavy (non-hydrogen) atoms. The van der Waals surface area contributed by atoms with Gasteiger partial charge in [-0.15, -0.1) is 0 Å². The first-order valence-corrected chi connectivity index (χ1v) is 16.7. The molecule has 0 spiro atoms. The van der Waals surface area contributed by atoms with Gasteiger partial charge in [0.15, 0.2) is 5.75 Å². The number of nitrogens with zero attached hydrogens (tertiary/aromatic N) is 3. The molecule has 0 aliphatic carbocycles. The molecule has 0 aliphatic heterocycles. The van der Waals surface area contributed by atoms with Gasteiger partial charge in [-0.3, -0.25) is 4.55 Å². The third kappa shape index (κ3) is 8.98. The molecule has 0 aliphatic rings. The van der Waals surface area contributed by atoms with Crippen LogP contribution in [0.25, 0.3) is 16.8 Å². The number of carbonyl (C=O) groups excluding carboxylic acids is 1. The van der Waals surface area contributed by atoms with Gasteiger partial charge in [0.25, 0.3) is 10.1 Å². The lowest BCUT2D eigenvalue weighted by Crippen LogP contribution is -2.03. The van der Waals surface area contributed by atoms with E-state index < -0.39 is 26.7 Å². The Morgan fingerprint density at radius 3 is 2.15 bits per heavy atom. The molecule has 1 N–H and O–H groups in total. The minimum Gasteiger partial charge on any atom is -0.406 e. The zero-order valence-electron chi connectivity index (χ0n) is 25.1. The Kier molecular flexibility index (Phi) is 11.3. The molecule has 238 valence electrons. The van der Waals surface area contributed by atoms with Crippen LogP contribution >= 0.6 is 11.6 Å². The minimum atomic E-state index is -4.02. The summed E-state index contributed by atoms with van der Waals surface area (Å²) in [6.45, 7) is 5.93. The summed E-state index contributed by atoms with van der Waals surface area (Å²) in [5.41, 5.74) is 8.14. The highest BCUT2D eigenvalue weighted by molar-refractivity contribution is 7.85. The molecular formula is C33H30ClN3O7S2. The van der Waals surface area contributed by atoms with Gasteiger partial charge >= 0.3 is 16.6 Å². The van der Waals surface area contributed by atoms with Crippen molar-refractivity contribution in [1.82, 2.24) is 9.78 Å². The minimum absolute atomic E-state index is 0.0666. The molecule has 1 amide bonds. The third-order valence-corrected chi connectivity index (χ3v) is 8.52. The summed E-state index contributed by atoms with van der Waals surface area (Å²) in [5.74, 6) is 0.0671. The van der Waals surface area contributed by atoms with Crippen LogP contribution in [0.5, 0.6) is 5.75 Å². The van der Waals surface area contributed by atoms with E-state index in [9.17, 15) is 21.6 Å². The third-order valence-electron chi connectivity index (χ3n) is 6.93. The molecular weight excluding hydrogens is 650 g/mol. The van der Waals surface area contributed by atoms with E-state index in [-0.39, 0.29) is 15.7 Å². The predicted molar refractivity (Wildman–Crippen MR) is 176 cm³/mol. The zero-order chi connectivity index (χ0) is 33.4. The number of aromatic nitrogens is 2. The second kappa shape index (κ2) is 15.1. The second-order valence-corrected chi connectivity index (χ2v) is 12.6. The SMILES string of the molecule is Cc1ccc(S(=O)(=O)O)cc1.Cc1nn(-c2ccc(CCc3cccc(OC(=O)N=S(=O)=O)c3Cl)cc2)c(C)c1-c1ccccc1. The van der Waals surface area contributed by atoms with E-state index in [0.717, 1.165) is 44.9 Å². The lowest BCUT2D eigenvalue weighted by Gasteiger charge is -2.10. The highest BCUT2D eigenvalue weighted by atomic mass is 35.5. The van der Waals surface area contributed by atoms with E-state index in [4.69, 9.17) is 26.0 Å². The van der Waals surface area contributed by atoms with Crippen LogP contribution in [-0.2, 0) is 33.5 Å². The summed E-state index contributed by atoms with van der Waals surface area (Å²) in [6, 6.07) is 29.4. The summed E-state index contributed by atoms with van der Waals surface area (Å²) < 4.78 is 60.3. The molecule has 0 saturated carbocycles. The number of halogens is 1. The maximum atomic E-state index is 11.5. The summed E-state index contributed by atoms with van der Waals surface area (Å²) in [5, 5.41) is 5.00. The van der Waals surface area contributed by atoms with Crippen molar-refractivity contribution in [3.05, 3.63) is 130 Å². The van der Waals surface area contributed by atoms with Crippen molar-refractivity contribution >= 4 is 38.3 Å². The predicted octanol–water partition coefficient (Wildman–Crippen LogP) is 7.40. The molecule has 0 atom stereocenters. The molecule has 0 fully saturated rings. The Morgan fingerprint density at radius 1 is 0.891 bits per heavy atom. The smallest absolute Gasteiger partial charge is 0.406 e. The van der Waals surface area contributed by atoms with Crippen molar-refractivity contribution < 1.29 is 30.9 Å². The standard InChI is InChI=1S/C26H22ClN3O4S.C7H8O3S/c1-17-24(20-7-4-3-5-8-20)18(2)30(28-17)22-15-12-19(13-16-22)11-14-21-9-6-10-23(25(21)27)34-26(31)29-35(32)33;1-6-2-4-7(5-3-6)11(8,9)10/h3-10,12-13,15-16H,11,14H2,1-2H3;2-5H,1H3,(H,8,9,10). The van der Waals surface area contributed by atoms with Crippen LogP contribution in [0, 0.1) is 20.8 Å². The number of carbonyl (C=O) groups is 1. The van der Waals surface area contributed by atoms with Gasteiger partial charge in [-0.1, -0.05) is 88.3 Å². The maximum Gasteiger partial charge on any atom is 0.454 e. The molecule has 13 heteroatoms. The van der Waals surface area contributed by atoms with Crippen LogP contribution < -0.4 is 4.74 Å². The van der Waals surface area contributed by atoms with Crippen LogP contribution in [-0.4, -0.2) is 37.3 Å². The first kappa shape index (κ1) is 34.3. The van der Waals surface area contributed by atoms with Gasteiger partial charge in [-0.05, 0) is 80.6 Å². The molecule has 5 aromatic rings. The fourth-order valence-electron chi connectivity index (χ4n) is 4.71. The van der Waals surface area contributed by atoms with E-state index in [1.165, 1.54) is 18.2 Å². The van der Waals surface area contributed by atoms with Gasteiger partial charge < -0.3 is 4.74 Å². The number of ether oxygens (including phenoxy) is 1. The van der Waals surface area contributed by atoms with Crippen LogP contribution in [0.4, 0.5) is 4.79 Å². The zero-order valence-corrected chi connectivity index (χ0v) is 27.5. The molecule has 0 bridgehead atoms. The Balaban J connectivity index is 0.000000369. The number of hydrogen-bond acceptors (Lipinski definition) is 7. The Morgan fingerprint density at radius 2 is 1.54 bits per heavy atom. The van der Waals surface area contributed by atoms with E-state index in [0.29, 0.717) is 12.8 Å². The summed E-state index contributed by atoms with van der Waals surface area (Å²) >= 11 is 6.36. The van der Waals surface area contributed by atoms with E-state index in [2.05, 4.69) is 23.4 Å². The van der Waals surface area contributed by atoms with Gasteiger partial charge in [-0.2, -0.15) is 21.9 Å². The van der Waals surface area contributed by atoms with Crippen LogP contribution in [0.1, 0.15) is 28.1 Å². The first-order chi connectivity index (χ1) is 21.8.